The topological polar surface area (TPSA) is 60.0 Å². The van der Waals surface area contributed by atoms with Crippen molar-refractivity contribution in [3.8, 4) is 0 Å². The summed E-state index contributed by atoms with van der Waals surface area (Å²) in [6.07, 6.45) is 4.89. The molecule has 2 unspecified atom stereocenters. The van der Waals surface area contributed by atoms with Gasteiger partial charge in [0.15, 0.2) is 5.96 Å². The quantitative estimate of drug-likeness (QED) is 0.370. The highest BCUT2D eigenvalue weighted by Gasteiger charge is 2.28. The lowest BCUT2D eigenvalue weighted by molar-refractivity contribution is -0.133. The summed E-state index contributed by atoms with van der Waals surface area (Å²) in [6, 6.07) is 0.900. The number of nitrogens with one attached hydrogen (secondary N) is 2. The molecule has 0 aromatic carbocycles. The van der Waals surface area contributed by atoms with Crippen molar-refractivity contribution in [1.82, 2.24) is 20.4 Å². The molecule has 1 amide bonds. The maximum Gasteiger partial charge on any atom is 0.225 e. The molecule has 0 aliphatic carbocycles. The van der Waals surface area contributed by atoms with Crippen LogP contribution in [0, 0.1) is 5.92 Å². The number of guanidine groups is 1. The van der Waals surface area contributed by atoms with E-state index in [1.807, 2.05) is 25.8 Å². The molecule has 0 radical (unpaired) electrons. The van der Waals surface area contributed by atoms with Crippen LogP contribution in [0.15, 0.2) is 4.99 Å². The number of likely N-dealkylation sites (N-methyl/N-ethyl adjacent to an activating group) is 1. The van der Waals surface area contributed by atoms with Gasteiger partial charge in [0, 0.05) is 44.7 Å². The number of likely N-dealkylation sites (tertiary alicyclic amines) is 2. The molecule has 0 saturated carbocycles. The Morgan fingerprint density at radius 3 is 2.64 bits per heavy atom. The van der Waals surface area contributed by atoms with Crippen LogP contribution in [0.5, 0.6) is 0 Å². The summed E-state index contributed by atoms with van der Waals surface area (Å²) in [5, 5.41) is 6.98. The summed E-state index contributed by atoms with van der Waals surface area (Å²) in [7, 11) is 1.82. The summed E-state index contributed by atoms with van der Waals surface area (Å²) in [4.78, 5) is 21.0. The number of halogens is 1. The van der Waals surface area contributed by atoms with Crippen molar-refractivity contribution < 1.29 is 4.79 Å². The van der Waals surface area contributed by atoms with E-state index in [9.17, 15) is 4.79 Å². The number of rotatable bonds is 5. The van der Waals surface area contributed by atoms with Gasteiger partial charge in [-0.25, -0.2) is 0 Å². The highest BCUT2D eigenvalue weighted by Crippen LogP contribution is 2.16. The van der Waals surface area contributed by atoms with Gasteiger partial charge in [-0.1, -0.05) is 27.2 Å². The van der Waals surface area contributed by atoms with Gasteiger partial charge in [0.05, 0.1) is 0 Å². The summed E-state index contributed by atoms with van der Waals surface area (Å²) < 4.78 is 0. The normalized spacial score (nSPS) is 25.0. The lowest BCUT2D eigenvalue weighted by Gasteiger charge is -2.35. The Balaban J connectivity index is 0.00000312. The minimum Gasteiger partial charge on any atom is -0.355 e. The van der Waals surface area contributed by atoms with E-state index in [0.29, 0.717) is 12.1 Å². The standard InChI is InChI=1S/C18H35N5O.HI/c1-5-22-10-7-6-8-16(22)12-20-18(19-4)21-15-9-11-23(13-15)17(24)14(2)3;/h14-16H,5-13H2,1-4H3,(H2,19,20,21);1H. The zero-order valence-electron chi connectivity index (χ0n) is 16.3. The lowest BCUT2D eigenvalue weighted by Crippen LogP contribution is -2.51. The number of aliphatic imine (C=N–C) groups is 1. The maximum atomic E-state index is 12.1. The number of hydrogen-bond donors (Lipinski definition) is 2. The molecule has 146 valence electrons. The summed E-state index contributed by atoms with van der Waals surface area (Å²) >= 11 is 0. The Bertz CT molecular complexity index is 443. The van der Waals surface area contributed by atoms with E-state index in [4.69, 9.17) is 0 Å². The minimum atomic E-state index is 0. The van der Waals surface area contributed by atoms with Crippen molar-refractivity contribution in [3.05, 3.63) is 0 Å². The van der Waals surface area contributed by atoms with E-state index < -0.39 is 0 Å². The molecule has 2 N–H and O–H groups in total. The molecule has 6 nitrogen and oxygen atoms in total. The molecule has 2 rings (SSSR count). The molecule has 7 heteroatoms. The van der Waals surface area contributed by atoms with Crippen LogP contribution in [-0.4, -0.2) is 73.5 Å². The van der Waals surface area contributed by atoms with E-state index in [1.54, 1.807) is 0 Å². The second-order valence-corrected chi connectivity index (χ2v) is 7.30. The van der Waals surface area contributed by atoms with Crippen molar-refractivity contribution in [1.29, 1.82) is 0 Å². The number of hydrogen-bond acceptors (Lipinski definition) is 3. The van der Waals surface area contributed by atoms with E-state index >= 15 is 0 Å². The molecule has 2 atom stereocenters. The molecule has 0 aromatic rings. The SMILES string of the molecule is CCN1CCCCC1CNC(=NC)NC1CCN(C(=O)C(C)C)C1.I. The van der Waals surface area contributed by atoms with Crippen molar-refractivity contribution >= 4 is 35.8 Å². The second-order valence-electron chi connectivity index (χ2n) is 7.30. The lowest BCUT2D eigenvalue weighted by atomic mass is 10.0. The highest BCUT2D eigenvalue weighted by molar-refractivity contribution is 14.0. The molecular formula is C18H36IN5O. The zero-order valence-corrected chi connectivity index (χ0v) is 18.6. The first kappa shape index (κ1) is 22.5. The van der Waals surface area contributed by atoms with E-state index in [-0.39, 0.29) is 35.8 Å². The van der Waals surface area contributed by atoms with Gasteiger partial charge in [0.25, 0.3) is 0 Å². The first-order chi connectivity index (χ1) is 11.5. The van der Waals surface area contributed by atoms with E-state index in [2.05, 4.69) is 27.4 Å². The van der Waals surface area contributed by atoms with Gasteiger partial charge in [0.2, 0.25) is 5.91 Å². The summed E-state index contributed by atoms with van der Waals surface area (Å²) in [5.41, 5.74) is 0. The molecule has 2 aliphatic heterocycles. The van der Waals surface area contributed by atoms with Crippen LogP contribution in [-0.2, 0) is 4.79 Å². The third-order valence-electron chi connectivity index (χ3n) is 5.22. The van der Waals surface area contributed by atoms with Crippen molar-refractivity contribution in [2.75, 3.05) is 39.8 Å². The van der Waals surface area contributed by atoms with Crippen molar-refractivity contribution in [2.45, 2.75) is 58.5 Å². The van der Waals surface area contributed by atoms with Crippen LogP contribution >= 0.6 is 24.0 Å². The van der Waals surface area contributed by atoms with Gasteiger partial charge < -0.3 is 15.5 Å². The van der Waals surface area contributed by atoms with Gasteiger partial charge in [0.1, 0.15) is 0 Å². The van der Waals surface area contributed by atoms with Gasteiger partial charge >= 0.3 is 0 Å². The van der Waals surface area contributed by atoms with Gasteiger partial charge in [-0.3, -0.25) is 14.7 Å². The molecule has 25 heavy (non-hydrogen) atoms. The fourth-order valence-electron chi connectivity index (χ4n) is 3.75. The van der Waals surface area contributed by atoms with E-state index in [1.165, 1.54) is 25.8 Å². The Morgan fingerprint density at radius 1 is 1.24 bits per heavy atom. The molecule has 2 aliphatic rings. The number of carbonyl (C=O) groups excluding carboxylic acids is 1. The largest absolute Gasteiger partial charge is 0.355 e. The third kappa shape index (κ3) is 6.58. The molecular weight excluding hydrogens is 429 g/mol. The predicted octanol–water partition coefficient (Wildman–Crippen LogP) is 1.90. The molecule has 2 heterocycles. The van der Waals surface area contributed by atoms with Gasteiger partial charge in [-0.15, -0.1) is 24.0 Å². The molecule has 2 saturated heterocycles. The predicted molar refractivity (Wildman–Crippen MR) is 115 cm³/mol. The Hall–Kier alpha value is -0.570. The Morgan fingerprint density at radius 2 is 2.00 bits per heavy atom. The van der Waals surface area contributed by atoms with E-state index in [0.717, 1.165) is 38.6 Å². The number of piperidine rings is 1. The fourth-order valence-corrected chi connectivity index (χ4v) is 3.75. The van der Waals surface area contributed by atoms with Crippen molar-refractivity contribution in [3.63, 3.8) is 0 Å². The molecule has 0 spiro atoms. The van der Waals surface area contributed by atoms with Crippen LogP contribution in [0.1, 0.15) is 46.5 Å². The van der Waals surface area contributed by atoms with Crippen LogP contribution in [0.3, 0.4) is 0 Å². The Labute approximate surface area is 170 Å². The highest BCUT2D eigenvalue weighted by atomic mass is 127. The second kappa shape index (κ2) is 11.2. The number of nitrogens with zero attached hydrogens (tertiary/aromatic N) is 3. The van der Waals surface area contributed by atoms with Gasteiger partial charge in [-0.05, 0) is 32.4 Å². The van der Waals surface area contributed by atoms with Crippen LogP contribution in [0.25, 0.3) is 0 Å². The monoisotopic (exact) mass is 465 g/mol. The van der Waals surface area contributed by atoms with Crippen LogP contribution < -0.4 is 10.6 Å². The third-order valence-corrected chi connectivity index (χ3v) is 5.22. The van der Waals surface area contributed by atoms with Crippen molar-refractivity contribution in [2.24, 2.45) is 10.9 Å². The average molecular weight is 465 g/mol. The average Bonchev–Trinajstić information content (AvgIpc) is 3.06. The Kier molecular flexibility index (Phi) is 10.1. The first-order valence-electron chi connectivity index (χ1n) is 9.55. The van der Waals surface area contributed by atoms with Gasteiger partial charge in [-0.2, -0.15) is 0 Å². The number of carbonyl (C=O) groups is 1. The molecule has 0 aromatic heterocycles. The first-order valence-corrected chi connectivity index (χ1v) is 9.55. The smallest absolute Gasteiger partial charge is 0.225 e. The fraction of sp³-hybridized carbons (Fsp3) is 0.889. The molecule has 0 bridgehead atoms. The minimum absolute atomic E-state index is 0. The van der Waals surface area contributed by atoms with Crippen LogP contribution in [0.2, 0.25) is 0 Å². The summed E-state index contributed by atoms with van der Waals surface area (Å²) in [5.74, 6) is 1.19. The van der Waals surface area contributed by atoms with Crippen LogP contribution in [0.4, 0.5) is 0 Å². The zero-order chi connectivity index (χ0) is 17.5. The summed E-state index contributed by atoms with van der Waals surface area (Å²) in [6.45, 7) is 11.1. The number of amides is 1. The maximum absolute atomic E-state index is 12.1. The molecule has 2 fully saturated rings.